The molecule has 1 N–H and O–H groups in total. The van der Waals surface area contributed by atoms with Crippen molar-refractivity contribution in [1.82, 2.24) is 0 Å². The van der Waals surface area contributed by atoms with Crippen LogP contribution >= 0.6 is 0 Å². The van der Waals surface area contributed by atoms with Crippen LogP contribution in [0.2, 0.25) is 0 Å². The highest BCUT2D eigenvalue weighted by molar-refractivity contribution is 6.03. The first-order valence-corrected chi connectivity index (χ1v) is 6.29. The molecule has 1 aromatic rings. The SMILES string of the molecule is CC(C)C(C)C1C(=O)Nc2ccc(OC(F)F)cc21. The van der Waals surface area contributed by atoms with Crippen molar-refractivity contribution in [2.45, 2.75) is 33.3 Å². The van der Waals surface area contributed by atoms with Crippen molar-refractivity contribution in [2.24, 2.45) is 11.8 Å². The fourth-order valence-electron chi connectivity index (χ4n) is 2.35. The zero-order valence-corrected chi connectivity index (χ0v) is 11.1. The van der Waals surface area contributed by atoms with E-state index in [2.05, 4.69) is 10.1 Å². The molecule has 3 nitrogen and oxygen atoms in total. The fraction of sp³-hybridized carbons (Fsp3) is 0.500. The lowest BCUT2D eigenvalue weighted by molar-refractivity contribution is -0.118. The van der Waals surface area contributed by atoms with Gasteiger partial charge in [-0.15, -0.1) is 0 Å². The van der Waals surface area contributed by atoms with E-state index in [4.69, 9.17) is 0 Å². The molecule has 1 aromatic carbocycles. The average molecular weight is 269 g/mol. The van der Waals surface area contributed by atoms with E-state index in [1.54, 1.807) is 6.07 Å². The van der Waals surface area contributed by atoms with Gasteiger partial charge in [0.2, 0.25) is 5.91 Å². The van der Waals surface area contributed by atoms with Gasteiger partial charge in [0.15, 0.2) is 0 Å². The van der Waals surface area contributed by atoms with Gasteiger partial charge in [-0.1, -0.05) is 20.8 Å². The number of nitrogens with one attached hydrogen (secondary N) is 1. The van der Waals surface area contributed by atoms with Crippen molar-refractivity contribution >= 4 is 11.6 Å². The summed E-state index contributed by atoms with van der Waals surface area (Å²) in [7, 11) is 0. The molecule has 1 heterocycles. The lowest BCUT2D eigenvalue weighted by atomic mass is 9.81. The fourth-order valence-corrected chi connectivity index (χ4v) is 2.35. The molecule has 1 amide bonds. The van der Waals surface area contributed by atoms with E-state index in [1.807, 2.05) is 20.8 Å². The zero-order valence-electron chi connectivity index (χ0n) is 11.1. The molecule has 104 valence electrons. The molecule has 0 aliphatic carbocycles. The van der Waals surface area contributed by atoms with Crippen LogP contribution in [0.3, 0.4) is 0 Å². The predicted molar refractivity (Wildman–Crippen MR) is 68.4 cm³/mol. The van der Waals surface area contributed by atoms with Crippen LogP contribution in [0.25, 0.3) is 0 Å². The van der Waals surface area contributed by atoms with Crippen LogP contribution in [0, 0.1) is 11.8 Å². The molecule has 0 saturated heterocycles. The summed E-state index contributed by atoms with van der Waals surface area (Å²) in [6.45, 7) is 3.21. The monoisotopic (exact) mass is 269 g/mol. The molecule has 19 heavy (non-hydrogen) atoms. The standard InChI is InChI=1S/C14H17F2NO2/c1-7(2)8(3)12-10-6-9(19-14(15)16)4-5-11(10)17-13(12)18/h4-8,12,14H,1-3H3,(H,17,18). The van der Waals surface area contributed by atoms with Crippen LogP contribution in [0.4, 0.5) is 14.5 Å². The highest BCUT2D eigenvalue weighted by Gasteiger charge is 2.36. The Morgan fingerprint density at radius 2 is 1.95 bits per heavy atom. The molecule has 0 saturated carbocycles. The molecule has 2 unspecified atom stereocenters. The van der Waals surface area contributed by atoms with Crippen molar-refractivity contribution < 1.29 is 18.3 Å². The molecule has 0 radical (unpaired) electrons. The van der Waals surface area contributed by atoms with Gasteiger partial charge < -0.3 is 10.1 Å². The van der Waals surface area contributed by atoms with E-state index >= 15 is 0 Å². The van der Waals surface area contributed by atoms with Gasteiger partial charge in [0, 0.05) is 5.69 Å². The molecule has 1 aliphatic rings. The van der Waals surface area contributed by atoms with Crippen LogP contribution in [0.5, 0.6) is 5.75 Å². The molecule has 5 heteroatoms. The molecule has 0 bridgehead atoms. The Morgan fingerprint density at radius 3 is 2.53 bits per heavy atom. The normalized spacial score (nSPS) is 19.5. The Bertz CT molecular complexity index is 488. The summed E-state index contributed by atoms with van der Waals surface area (Å²) in [6.07, 6.45) is 0. The summed E-state index contributed by atoms with van der Waals surface area (Å²) in [4.78, 5) is 12.0. The number of carbonyl (C=O) groups excluding carboxylic acids is 1. The number of rotatable bonds is 4. The molecule has 0 aromatic heterocycles. The Kier molecular flexibility index (Phi) is 3.73. The summed E-state index contributed by atoms with van der Waals surface area (Å²) in [5.41, 5.74) is 1.42. The summed E-state index contributed by atoms with van der Waals surface area (Å²) in [6, 6.07) is 4.58. The smallest absolute Gasteiger partial charge is 0.387 e. The lowest BCUT2D eigenvalue weighted by Crippen LogP contribution is -2.22. The maximum absolute atomic E-state index is 12.2. The van der Waals surface area contributed by atoms with E-state index in [1.165, 1.54) is 12.1 Å². The molecular weight excluding hydrogens is 252 g/mol. The number of ether oxygens (including phenoxy) is 1. The number of benzene rings is 1. The summed E-state index contributed by atoms with van der Waals surface area (Å²) in [5, 5.41) is 2.78. The van der Waals surface area contributed by atoms with Crippen molar-refractivity contribution in [3.05, 3.63) is 23.8 Å². The molecular formula is C14H17F2NO2. The maximum Gasteiger partial charge on any atom is 0.387 e. The minimum absolute atomic E-state index is 0.0783. The molecule has 1 aliphatic heterocycles. The summed E-state index contributed by atoms with van der Waals surface area (Å²) >= 11 is 0. The number of hydrogen-bond donors (Lipinski definition) is 1. The number of hydrogen-bond acceptors (Lipinski definition) is 2. The lowest BCUT2D eigenvalue weighted by Gasteiger charge is -2.21. The van der Waals surface area contributed by atoms with Crippen LogP contribution in [0.1, 0.15) is 32.3 Å². The predicted octanol–water partition coefficient (Wildman–Crippen LogP) is 3.62. The van der Waals surface area contributed by atoms with E-state index in [0.29, 0.717) is 11.6 Å². The molecule has 2 atom stereocenters. The van der Waals surface area contributed by atoms with Gasteiger partial charge in [0.1, 0.15) is 5.75 Å². The number of halogens is 2. The quantitative estimate of drug-likeness (QED) is 0.906. The first-order valence-electron chi connectivity index (χ1n) is 6.29. The van der Waals surface area contributed by atoms with Gasteiger partial charge in [0.05, 0.1) is 5.92 Å². The number of fused-ring (bicyclic) bond motifs is 1. The minimum Gasteiger partial charge on any atom is -0.435 e. The van der Waals surface area contributed by atoms with Crippen LogP contribution in [-0.2, 0) is 4.79 Å². The third kappa shape index (κ3) is 2.69. The largest absolute Gasteiger partial charge is 0.435 e. The van der Waals surface area contributed by atoms with Gasteiger partial charge in [0.25, 0.3) is 0 Å². The zero-order chi connectivity index (χ0) is 14.2. The highest BCUT2D eigenvalue weighted by Crippen LogP contribution is 2.41. The second kappa shape index (κ2) is 5.15. The van der Waals surface area contributed by atoms with E-state index in [-0.39, 0.29) is 23.5 Å². The second-order valence-electron chi connectivity index (χ2n) is 5.20. The van der Waals surface area contributed by atoms with E-state index < -0.39 is 6.61 Å². The Balaban J connectivity index is 2.34. The Hall–Kier alpha value is -1.65. The first kappa shape index (κ1) is 13.8. The Morgan fingerprint density at radius 1 is 1.26 bits per heavy atom. The first-order chi connectivity index (χ1) is 8.90. The Labute approximate surface area is 111 Å². The van der Waals surface area contributed by atoms with Crippen LogP contribution in [-0.4, -0.2) is 12.5 Å². The number of amides is 1. The van der Waals surface area contributed by atoms with Crippen LogP contribution in [0.15, 0.2) is 18.2 Å². The summed E-state index contributed by atoms with van der Waals surface area (Å²) in [5.74, 6) is 0.150. The third-order valence-electron chi connectivity index (χ3n) is 3.70. The number of anilines is 1. The second-order valence-corrected chi connectivity index (χ2v) is 5.20. The summed E-state index contributed by atoms with van der Waals surface area (Å²) < 4.78 is 28.8. The van der Waals surface area contributed by atoms with Crippen molar-refractivity contribution in [2.75, 3.05) is 5.32 Å². The van der Waals surface area contributed by atoms with E-state index in [0.717, 1.165) is 5.56 Å². The molecule has 2 rings (SSSR count). The van der Waals surface area contributed by atoms with Gasteiger partial charge in [-0.2, -0.15) is 8.78 Å². The van der Waals surface area contributed by atoms with E-state index in [9.17, 15) is 13.6 Å². The number of alkyl halides is 2. The van der Waals surface area contributed by atoms with Crippen molar-refractivity contribution in [3.63, 3.8) is 0 Å². The average Bonchev–Trinajstić information content (AvgIpc) is 2.62. The highest BCUT2D eigenvalue weighted by atomic mass is 19.3. The number of carbonyl (C=O) groups is 1. The van der Waals surface area contributed by atoms with Crippen LogP contribution < -0.4 is 10.1 Å². The van der Waals surface area contributed by atoms with Crippen molar-refractivity contribution in [3.8, 4) is 5.75 Å². The maximum atomic E-state index is 12.2. The van der Waals surface area contributed by atoms with Gasteiger partial charge in [-0.05, 0) is 35.6 Å². The molecule has 0 fully saturated rings. The molecule has 0 spiro atoms. The van der Waals surface area contributed by atoms with Gasteiger partial charge >= 0.3 is 6.61 Å². The topological polar surface area (TPSA) is 38.3 Å². The van der Waals surface area contributed by atoms with Gasteiger partial charge in [-0.3, -0.25) is 4.79 Å². The van der Waals surface area contributed by atoms with Crippen molar-refractivity contribution in [1.29, 1.82) is 0 Å². The third-order valence-corrected chi connectivity index (χ3v) is 3.70. The minimum atomic E-state index is -2.86. The van der Waals surface area contributed by atoms with Gasteiger partial charge in [-0.25, -0.2) is 0 Å².